The van der Waals surface area contributed by atoms with Crippen LogP contribution < -0.4 is 0 Å². The summed E-state index contributed by atoms with van der Waals surface area (Å²) in [6.45, 7) is 0. The van der Waals surface area contributed by atoms with E-state index in [1.165, 1.54) is 87.2 Å². The lowest BCUT2D eigenvalue weighted by atomic mass is 9.85. The quantitative estimate of drug-likeness (QED) is 0.193. The maximum absolute atomic E-state index is 6.50. The van der Waals surface area contributed by atoms with Gasteiger partial charge in [-0.05, 0) is 88.6 Å². The second kappa shape index (κ2) is 9.29. The van der Waals surface area contributed by atoms with Gasteiger partial charge in [-0.15, -0.1) is 0 Å². The zero-order chi connectivity index (χ0) is 29.5. The summed E-state index contributed by atoms with van der Waals surface area (Å²) < 4.78 is 6.50. The van der Waals surface area contributed by atoms with Gasteiger partial charge in [-0.25, -0.2) is 0 Å². The van der Waals surface area contributed by atoms with Crippen LogP contribution in [0.25, 0.3) is 98.4 Å². The lowest BCUT2D eigenvalue weighted by molar-refractivity contribution is 0.669. The predicted octanol–water partition coefficient (Wildman–Crippen LogP) is 12.6. The van der Waals surface area contributed by atoms with Gasteiger partial charge in [0.05, 0.1) is 0 Å². The van der Waals surface area contributed by atoms with E-state index >= 15 is 0 Å². The van der Waals surface area contributed by atoms with E-state index in [2.05, 4.69) is 158 Å². The molecular formula is C44H26O. The van der Waals surface area contributed by atoms with Gasteiger partial charge in [0.15, 0.2) is 0 Å². The molecular weight excluding hydrogens is 544 g/mol. The first-order valence-electron chi connectivity index (χ1n) is 15.5. The minimum absolute atomic E-state index is 0.912. The summed E-state index contributed by atoms with van der Waals surface area (Å²) in [7, 11) is 0. The average Bonchev–Trinajstić information content (AvgIpc) is 3.50. The number of furan rings is 1. The molecule has 208 valence electrons. The van der Waals surface area contributed by atoms with E-state index in [9.17, 15) is 0 Å². The third kappa shape index (κ3) is 3.50. The summed E-state index contributed by atoms with van der Waals surface area (Å²) >= 11 is 0. The first-order chi connectivity index (χ1) is 22.3. The van der Waals surface area contributed by atoms with Crippen molar-refractivity contribution in [2.24, 2.45) is 0 Å². The van der Waals surface area contributed by atoms with Gasteiger partial charge in [0.25, 0.3) is 0 Å². The van der Waals surface area contributed by atoms with Crippen molar-refractivity contribution < 1.29 is 4.42 Å². The van der Waals surface area contributed by atoms with Crippen LogP contribution in [0.3, 0.4) is 0 Å². The topological polar surface area (TPSA) is 13.1 Å². The Morgan fingerprint density at radius 1 is 0.267 bits per heavy atom. The number of hydrogen-bond donors (Lipinski definition) is 0. The van der Waals surface area contributed by atoms with Crippen LogP contribution in [0.15, 0.2) is 162 Å². The van der Waals surface area contributed by atoms with Gasteiger partial charge >= 0.3 is 0 Å². The van der Waals surface area contributed by atoms with Crippen LogP contribution in [0.4, 0.5) is 0 Å². The molecule has 0 unspecified atom stereocenters. The molecule has 9 aromatic carbocycles. The van der Waals surface area contributed by atoms with Gasteiger partial charge in [-0.1, -0.05) is 146 Å². The number of rotatable bonds is 3. The van der Waals surface area contributed by atoms with Crippen molar-refractivity contribution in [3.63, 3.8) is 0 Å². The Balaban J connectivity index is 1.29. The SMILES string of the molecule is c1ccc(-c2cccc3oc4cccc(-c5ccc6ccc7c(-c8cccc9ccccc89)ccc8ccc5c6c87)c4c23)cc1. The third-order valence-corrected chi connectivity index (χ3v) is 9.64. The lowest BCUT2D eigenvalue weighted by Gasteiger charge is -2.17. The maximum atomic E-state index is 6.50. The summed E-state index contributed by atoms with van der Waals surface area (Å²) in [6.07, 6.45) is 0. The molecule has 0 spiro atoms. The summed E-state index contributed by atoms with van der Waals surface area (Å²) in [6, 6.07) is 57.2. The molecule has 0 fully saturated rings. The Hall–Kier alpha value is -5.92. The standard InChI is InChI=1S/C44H26O/c1-2-9-28(10-3-1)32-14-7-17-39-43(32)44-36(16-8-18-40(44)45-39)35-24-20-30-21-25-37-34(23-19-29-22-26-38(35)42(30)41(29)37)33-15-6-12-27-11-4-5-13-31(27)33/h1-26H. The van der Waals surface area contributed by atoms with Gasteiger partial charge in [0.1, 0.15) is 11.2 Å². The maximum Gasteiger partial charge on any atom is 0.136 e. The molecule has 0 aliphatic carbocycles. The summed E-state index contributed by atoms with van der Waals surface area (Å²) in [5.74, 6) is 0. The minimum atomic E-state index is 0.912. The van der Waals surface area contributed by atoms with Crippen LogP contribution in [0.1, 0.15) is 0 Å². The van der Waals surface area contributed by atoms with Crippen molar-refractivity contribution in [1.29, 1.82) is 0 Å². The molecule has 10 rings (SSSR count). The predicted molar refractivity (Wildman–Crippen MR) is 191 cm³/mol. The summed E-state index contributed by atoms with van der Waals surface area (Å²) in [5, 5.41) is 12.6. The van der Waals surface area contributed by atoms with E-state index in [-0.39, 0.29) is 0 Å². The fourth-order valence-corrected chi connectivity index (χ4v) is 7.68. The molecule has 0 bridgehead atoms. The molecule has 1 heterocycles. The average molecular weight is 571 g/mol. The Labute approximate surface area is 259 Å². The van der Waals surface area contributed by atoms with Crippen LogP contribution >= 0.6 is 0 Å². The summed E-state index contributed by atoms with van der Waals surface area (Å²) in [4.78, 5) is 0. The van der Waals surface area contributed by atoms with Gasteiger partial charge in [-0.2, -0.15) is 0 Å². The molecule has 1 aromatic heterocycles. The highest BCUT2D eigenvalue weighted by Gasteiger charge is 2.20. The molecule has 45 heavy (non-hydrogen) atoms. The van der Waals surface area contributed by atoms with Crippen LogP contribution in [0.2, 0.25) is 0 Å². The molecule has 0 atom stereocenters. The fraction of sp³-hybridized carbons (Fsp3) is 0. The van der Waals surface area contributed by atoms with Crippen LogP contribution in [-0.4, -0.2) is 0 Å². The normalized spacial score (nSPS) is 12.0. The molecule has 1 heteroatoms. The van der Waals surface area contributed by atoms with E-state index in [0.29, 0.717) is 0 Å². The van der Waals surface area contributed by atoms with E-state index in [1.807, 2.05) is 0 Å². The molecule has 0 saturated carbocycles. The molecule has 10 aromatic rings. The first-order valence-corrected chi connectivity index (χ1v) is 15.5. The Morgan fingerprint density at radius 3 is 1.51 bits per heavy atom. The third-order valence-electron chi connectivity index (χ3n) is 9.64. The largest absolute Gasteiger partial charge is 0.456 e. The molecule has 0 radical (unpaired) electrons. The number of benzene rings is 9. The van der Waals surface area contributed by atoms with Crippen LogP contribution in [0, 0.1) is 0 Å². The van der Waals surface area contributed by atoms with E-state index in [0.717, 1.165) is 11.2 Å². The zero-order valence-electron chi connectivity index (χ0n) is 24.4. The highest BCUT2D eigenvalue weighted by atomic mass is 16.3. The monoisotopic (exact) mass is 570 g/mol. The Morgan fingerprint density at radius 2 is 0.778 bits per heavy atom. The molecule has 0 amide bonds. The van der Waals surface area contributed by atoms with E-state index in [1.54, 1.807) is 0 Å². The highest BCUT2D eigenvalue weighted by Crippen LogP contribution is 2.46. The molecule has 0 aliphatic heterocycles. The smallest absolute Gasteiger partial charge is 0.136 e. The molecule has 0 aliphatic rings. The van der Waals surface area contributed by atoms with Crippen LogP contribution in [0.5, 0.6) is 0 Å². The first kappa shape index (κ1) is 24.5. The van der Waals surface area contributed by atoms with Crippen molar-refractivity contribution in [2.75, 3.05) is 0 Å². The van der Waals surface area contributed by atoms with E-state index in [4.69, 9.17) is 4.42 Å². The molecule has 0 N–H and O–H groups in total. The second-order valence-electron chi connectivity index (χ2n) is 12.0. The molecule has 1 nitrogen and oxygen atoms in total. The zero-order valence-corrected chi connectivity index (χ0v) is 24.4. The van der Waals surface area contributed by atoms with Crippen molar-refractivity contribution >= 4 is 65.0 Å². The van der Waals surface area contributed by atoms with Gasteiger partial charge < -0.3 is 4.42 Å². The Kier molecular flexibility index (Phi) is 5.06. The van der Waals surface area contributed by atoms with E-state index < -0.39 is 0 Å². The van der Waals surface area contributed by atoms with Crippen molar-refractivity contribution in [3.05, 3.63) is 158 Å². The summed E-state index contributed by atoms with van der Waals surface area (Å²) in [5.41, 5.74) is 9.18. The minimum Gasteiger partial charge on any atom is -0.456 e. The number of fused-ring (bicyclic) bond motifs is 4. The van der Waals surface area contributed by atoms with Crippen LogP contribution in [-0.2, 0) is 0 Å². The second-order valence-corrected chi connectivity index (χ2v) is 12.0. The lowest BCUT2D eigenvalue weighted by Crippen LogP contribution is -1.90. The number of hydrogen-bond acceptors (Lipinski definition) is 1. The van der Waals surface area contributed by atoms with Gasteiger partial charge in [0.2, 0.25) is 0 Å². The Bertz CT molecular complexity index is 2740. The van der Waals surface area contributed by atoms with Crippen molar-refractivity contribution in [1.82, 2.24) is 0 Å². The van der Waals surface area contributed by atoms with Crippen molar-refractivity contribution in [3.8, 4) is 33.4 Å². The molecule has 0 saturated heterocycles. The van der Waals surface area contributed by atoms with Gasteiger partial charge in [0, 0.05) is 10.8 Å². The van der Waals surface area contributed by atoms with Crippen molar-refractivity contribution in [2.45, 2.75) is 0 Å². The fourth-order valence-electron chi connectivity index (χ4n) is 7.68. The highest BCUT2D eigenvalue weighted by molar-refractivity contribution is 6.29. The van der Waals surface area contributed by atoms with Gasteiger partial charge in [-0.3, -0.25) is 0 Å².